The number of anilines is 1. The lowest BCUT2D eigenvalue weighted by molar-refractivity contribution is -0.118. The van der Waals surface area contributed by atoms with Crippen LogP contribution in [0.5, 0.6) is 11.5 Å². The van der Waals surface area contributed by atoms with E-state index in [0.717, 1.165) is 22.4 Å². The Morgan fingerprint density at radius 1 is 1.21 bits per heavy atom. The minimum absolute atomic E-state index is 0.156. The number of ether oxygens (including phenoxy) is 2. The van der Waals surface area contributed by atoms with E-state index in [-0.39, 0.29) is 18.4 Å². The quantitative estimate of drug-likeness (QED) is 0.538. The van der Waals surface area contributed by atoms with Gasteiger partial charge in [-0.05, 0) is 49.2 Å². The number of hydrogen-bond donors (Lipinski definition) is 2. The Morgan fingerprint density at radius 2 is 2.00 bits per heavy atom. The number of carbonyl (C=O) groups is 2. The summed E-state index contributed by atoms with van der Waals surface area (Å²) in [5, 5.41) is 5.41. The predicted octanol–water partition coefficient (Wildman–Crippen LogP) is 3.82. The van der Waals surface area contributed by atoms with Crippen LogP contribution in [-0.2, 0) is 9.59 Å². The molecule has 1 heterocycles. The Labute approximate surface area is 178 Å². The van der Waals surface area contributed by atoms with Crippen molar-refractivity contribution in [1.82, 2.24) is 5.32 Å². The van der Waals surface area contributed by atoms with Gasteiger partial charge in [-0.3, -0.25) is 9.59 Å². The highest BCUT2D eigenvalue weighted by Gasteiger charge is 2.22. The van der Waals surface area contributed by atoms with Crippen molar-refractivity contribution >= 4 is 51.9 Å². The number of hydrogen-bond acceptors (Lipinski definition) is 6. The molecule has 0 unspecified atom stereocenters. The fourth-order valence-electron chi connectivity index (χ4n) is 2.75. The van der Waals surface area contributed by atoms with Gasteiger partial charge in [0.05, 0.1) is 12.0 Å². The molecule has 0 atom stereocenters. The summed E-state index contributed by atoms with van der Waals surface area (Å²) >= 11 is 6.20. The van der Waals surface area contributed by atoms with Gasteiger partial charge >= 0.3 is 0 Å². The molecule has 150 valence electrons. The van der Waals surface area contributed by atoms with Gasteiger partial charge in [-0.15, -0.1) is 0 Å². The van der Waals surface area contributed by atoms with Crippen molar-refractivity contribution in [3.05, 3.63) is 58.0 Å². The molecule has 0 aromatic heterocycles. The molecule has 8 heteroatoms. The summed E-state index contributed by atoms with van der Waals surface area (Å²) in [6.07, 6.45) is 1.72. The third-order valence-electron chi connectivity index (χ3n) is 4.14. The van der Waals surface area contributed by atoms with Gasteiger partial charge in [0.2, 0.25) is 0 Å². The monoisotopic (exact) mass is 428 g/mol. The van der Waals surface area contributed by atoms with E-state index < -0.39 is 0 Å². The number of aryl methyl sites for hydroxylation is 2. The van der Waals surface area contributed by atoms with Crippen molar-refractivity contribution < 1.29 is 19.1 Å². The van der Waals surface area contributed by atoms with Gasteiger partial charge in [-0.25, -0.2) is 0 Å². The Bertz CT molecular complexity index is 1020. The zero-order valence-electron chi connectivity index (χ0n) is 16.2. The number of rotatable bonds is 6. The van der Waals surface area contributed by atoms with Crippen LogP contribution in [0.25, 0.3) is 6.08 Å². The Hall–Kier alpha value is -2.84. The van der Waals surface area contributed by atoms with Crippen molar-refractivity contribution in [1.29, 1.82) is 0 Å². The molecule has 1 aliphatic heterocycles. The summed E-state index contributed by atoms with van der Waals surface area (Å²) in [7, 11) is 1.51. The van der Waals surface area contributed by atoms with Gasteiger partial charge in [0, 0.05) is 5.69 Å². The number of methoxy groups -OCH3 is 1. The standard InChI is InChI=1S/C21H20N2O4S2/c1-12-4-6-15(13(2)8-12)22-19(24)11-27-16-7-5-14(9-17(16)26-3)10-18-20(25)23-21(28)29-18/h4-10H,11H2,1-3H3,(H,22,24)(H,23,25,28)/b18-10-. The van der Waals surface area contributed by atoms with Gasteiger partial charge < -0.3 is 20.1 Å². The third kappa shape index (κ3) is 5.36. The molecule has 0 aliphatic carbocycles. The molecule has 2 amide bonds. The molecule has 1 fully saturated rings. The Balaban J connectivity index is 1.66. The second kappa shape index (κ2) is 9.11. The summed E-state index contributed by atoms with van der Waals surface area (Å²) < 4.78 is 11.4. The average Bonchev–Trinajstić information content (AvgIpc) is 2.99. The van der Waals surface area contributed by atoms with Crippen molar-refractivity contribution in [2.45, 2.75) is 13.8 Å². The van der Waals surface area contributed by atoms with Gasteiger partial charge in [-0.1, -0.05) is 47.7 Å². The van der Waals surface area contributed by atoms with Crippen molar-refractivity contribution in [2.75, 3.05) is 19.0 Å². The summed E-state index contributed by atoms with van der Waals surface area (Å²) in [6, 6.07) is 11.0. The van der Waals surface area contributed by atoms with E-state index in [2.05, 4.69) is 10.6 Å². The fourth-order valence-corrected chi connectivity index (χ4v) is 3.79. The molecule has 0 saturated carbocycles. The maximum atomic E-state index is 12.2. The first-order chi connectivity index (χ1) is 13.9. The van der Waals surface area contributed by atoms with Gasteiger partial charge in [0.25, 0.3) is 11.8 Å². The molecule has 0 spiro atoms. The van der Waals surface area contributed by atoms with E-state index in [9.17, 15) is 9.59 Å². The lowest BCUT2D eigenvalue weighted by atomic mass is 10.1. The molecule has 0 radical (unpaired) electrons. The SMILES string of the molecule is COc1cc(/C=C2\SC(=S)NC2=O)ccc1OCC(=O)Nc1ccc(C)cc1C. The first-order valence-electron chi connectivity index (χ1n) is 8.78. The van der Waals surface area contributed by atoms with Crippen LogP contribution in [0.15, 0.2) is 41.3 Å². The van der Waals surface area contributed by atoms with Crippen LogP contribution in [0, 0.1) is 13.8 Å². The molecule has 2 aromatic rings. The maximum Gasteiger partial charge on any atom is 0.263 e. The van der Waals surface area contributed by atoms with E-state index in [1.165, 1.54) is 18.9 Å². The number of carbonyl (C=O) groups excluding carboxylic acids is 2. The van der Waals surface area contributed by atoms with E-state index >= 15 is 0 Å². The normalized spacial score (nSPS) is 14.7. The van der Waals surface area contributed by atoms with Crippen molar-refractivity contribution in [3.8, 4) is 11.5 Å². The zero-order chi connectivity index (χ0) is 21.0. The van der Waals surface area contributed by atoms with Crippen LogP contribution >= 0.6 is 24.0 Å². The highest BCUT2D eigenvalue weighted by Crippen LogP contribution is 2.31. The molecule has 1 saturated heterocycles. The molecule has 6 nitrogen and oxygen atoms in total. The van der Waals surface area contributed by atoms with Gasteiger partial charge in [-0.2, -0.15) is 0 Å². The third-order valence-corrected chi connectivity index (χ3v) is 5.30. The second-order valence-corrected chi connectivity index (χ2v) is 8.14. The summed E-state index contributed by atoms with van der Waals surface area (Å²) in [4.78, 5) is 24.5. The molecule has 29 heavy (non-hydrogen) atoms. The molecule has 1 aliphatic rings. The topological polar surface area (TPSA) is 76.7 Å². The molecular formula is C21H20N2O4S2. The second-order valence-electron chi connectivity index (χ2n) is 6.42. The number of thioether (sulfide) groups is 1. The van der Waals surface area contributed by atoms with E-state index in [1.807, 2.05) is 32.0 Å². The van der Waals surface area contributed by atoms with Crippen molar-refractivity contribution in [3.63, 3.8) is 0 Å². The fraction of sp³-hybridized carbons (Fsp3) is 0.190. The number of amides is 2. The summed E-state index contributed by atoms with van der Waals surface area (Å²) in [6.45, 7) is 3.78. The van der Waals surface area contributed by atoms with Crippen molar-refractivity contribution in [2.24, 2.45) is 0 Å². The van der Waals surface area contributed by atoms with Crippen LogP contribution in [0.2, 0.25) is 0 Å². The Morgan fingerprint density at radius 3 is 2.66 bits per heavy atom. The first-order valence-corrected chi connectivity index (χ1v) is 10.0. The number of thiocarbonyl (C=S) groups is 1. The Kier molecular flexibility index (Phi) is 6.56. The molecule has 3 rings (SSSR count). The van der Waals surface area contributed by atoms with E-state index in [4.69, 9.17) is 21.7 Å². The maximum absolute atomic E-state index is 12.2. The minimum Gasteiger partial charge on any atom is -0.493 e. The summed E-state index contributed by atoms with van der Waals surface area (Å²) in [5.74, 6) is 0.411. The average molecular weight is 429 g/mol. The predicted molar refractivity (Wildman–Crippen MR) is 119 cm³/mol. The zero-order valence-corrected chi connectivity index (χ0v) is 17.8. The molecule has 0 bridgehead atoms. The lowest BCUT2D eigenvalue weighted by Crippen LogP contribution is -2.20. The highest BCUT2D eigenvalue weighted by atomic mass is 32.2. The number of nitrogens with one attached hydrogen (secondary N) is 2. The number of benzene rings is 2. The van der Waals surface area contributed by atoms with Crippen LogP contribution in [0.3, 0.4) is 0 Å². The first kappa shape index (κ1) is 20.9. The van der Waals surface area contributed by atoms with Gasteiger partial charge in [0.1, 0.15) is 4.32 Å². The molecule has 2 N–H and O–H groups in total. The molecular weight excluding hydrogens is 408 g/mol. The minimum atomic E-state index is -0.266. The van der Waals surface area contributed by atoms with Crippen LogP contribution in [0.4, 0.5) is 5.69 Å². The smallest absolute Gasteiger partial charge is 0.263 e. The summed E-state index contributed by atoms with van der Waals surface area (Å²) in [5.41, 5.74) is 3.63. The van der Waals surface area contributed by atoms with Crippen LogP contribution < -0.4 is 20.1 Å². The van der Waals surface area contributed by atoms with Crippen LogP contribution in [0.1, 0.15) is 16.7 Å². The van der Waals surface area contributed by atoms with E-state index in [1.54, 1.807) is 24.3 Å². The van der Waals surface area contributed by atoms with Gasteiger partial charge in [0.15, 0.2) is 18.1 Å². The molecule has 2 aromatic carbocycles. The lowest BCUT2D eigenvalue weighted by Gasteiger charge is -2.13. The largest absolute Gasteiger partial charge is 0.493 e. The van der Waals surface area contributed by atoms with Crippen LogP contribution in [-0.4, -0.2) is 29.9 Å². The van der Waals surface area contributed by atoms with E-state index in [0.29, 0.717) is 20.7 Å². The highest BCUT2D eigenvalue weighted by molar-refractivity contribution is 8.26.